The lowest BCUT2D eigenvalue weighted by atomic mass is 9.93. The fourth-order valence-electron chi connectivity index (χ4n) is 4.54. The summed E-state index contributed by atoms with van der Waals surface area (Å²) in [6.07, 6.45) is 7.23. The molecule has 7 heteroatoms. The number of aryl methyl sites for hydroxylation is 2. The van der Waals surface area contributed by atoms with Gasteiger partial charge in [0, 0.05) is 43.0 Å². The van der Waals surface area contributed by atoms with Crippen molar-refractivity contribution in [1.29, 1.82) is 0 Å². The molecule has 2 aromatic heterocycles. The van der Waals surface area contributed by atoms with Crippen LogP contribution in [0.5, 0.6) is 5.75 Å². The number of likely N-dealkylation sites (tertiary alicyclic amines) is 1. The van der Waals surface area contributed by atoms with Crippen LogP contribution < -0.4 is 10.3 Å². The van der Waals surface area contributed by atoms with E-state index in [1.807, 2.05) is 11.4 Å². The van der Waals surface area contributed by atoms with Crippen LogP contribution in [0.15, 0.2) is 46.7 Å². The van der Waals surface area contributed by atoms with Crippen LogP contribution in [-0.4, -0.2) is 38.8 Å². The number of β-amino-alcohol motifs (C(OH)–C–C–N with tert-alkyl or cyclic N) is 1. The Morgan fingerprint density at radius 1 is 1.24 bits per heavy atom. The Balaban J connectivity index is 1.27. The van der Waals surface area contributed by atoms with Crippen LogP contribution in [0.1, 0.15) is 47.2 Å². The quantitative estimate of drug-likeness (QED) is 0.575. The number of allylic oxidation sites excluding steroid dienone is 1. The number of ether oxygens (including phenoxy) is 1. The number of nitrogens with zero attached hydrogens (tertiary/aromatic N) is 3. The summed E-state index contributed by atoms with van der Waals surface area (Å²) in [7, 11) is 0. The predicted molar refractivity (Wildman–Crippen MR) is 131 cm³/mol. The van der Waals surface area contributed by atoms with Gasteiger partial charge in [0.1, 0.15) is 17.4 Å². The van der Waals surface area contributed by atoms with E-state index in [0.717, 1.165) is 61.7 Å². The van der Waals surface area contributed by atoms with Gasteiger partial charge in [-0.2, -0.15) is 0 Å². The average molecular weight is 464 g/mol. The van der Waals surface area contributed by atoms with Crippen molar-refractivity contribution in [1.82, 2.24) is 14.5 Å². The molecule has 1 atom stereocenters. The van der Waals surface area contributed by atoms with E-state index in [1.54, 1.807) is 28.2 Å². The first kappa shape index (κ1) is 22.1. The minimum atomic E-state index is -0.190. The van der Waals surface area contributed by atoms with Gasteiger partial charge in [-0.05, 0) is 54.5 Å². The zero-order valence-corrected chi connectivity index (χ0v) is 19.7. The number of aliphatic hydroxyl groups is 1. The molecule has 1 saturated heterocycles. The number of benzene rings is 1. The zero-order valence-electron chi connectivity index (χ0n) is 18.9. The fourth-order valence-corrected chi connectivity index (χ4v) is 5.33. The number of hydrogen-bond acceptors (Lipinski definition) is 6. The second-order valence-electron chi connectivity index (χ2n) is 8.79. The highest BCUT2D eigenvalue weighted by Gasteiger charge is 2.21. The summed E-state index contributed by atoms with van der Waals surface area (Å²) < 4.78 is 7.52. The maximum absolute atomic E-state index is 12.8. The zero-order chi connectivity index (χ0) is 22.8. The topological polar surface area (TPSA) is 67.6 Å². The molecular weight excluding hydrogens is 434 g/mol. The Morgan fingerprint density at radius 2 is 2.15 bits per heavy atom. The molecule has 2 aliphatic rings. The molecule has 1 N–H and O–H groups in total. The smallest absolute Gasteiger partial charge is 0.258 e. The van der Waals surface area contributed by atoms with E-state index in [-0.39, 0.29) is 11.7 Å². The Bertz CT molecular complexity index is 1230. The monoisotopic (exact) mass is 463 g/mol. The Kier molecular flexibility index (Phi) is 6.44. The van der Waals surface area contributed by atoms with E-state index in [1.165, 1.54) is 16.7 Å². The van der Waals surface area contributed by atoms with Gasteiger partial charge in [0.25, 0.3) is 5.56 Å². The SMILES string of the molecule is CCc1csc(COc2ccn(C3=Cc4ccc(CN5CC[C@@H](O)C5)cc4CC3)c(=O)c2)n1. The molecule has 5 rings (SSSR count). The Labute approximate surface area is 197 Å². The molecule has 0 bridgehead atoms. The number of thiazole rings is 1. The molecule has 0 amide bonds. The largest absolute Gasteiger partial charge is 0.486 e. The first-order valence-electron chi connectivity index (χ1n) is 11.6. The summed E-state index contributed by atoms with van der Waals surface area (Å²) in [6.45, 7) is 5.05. The molecular formula is C26H29N3O3S. The lowest BCUT2D eigenvalue weighted by molar-refractivity contribution is 0.175. The molecule has 3 heterocycles. The van der Waals surface area contributed by atoms with Crippen molar-refractivity contribution in [2.45, 2.75) is 51.9 Å². The molecule has 0 radical (unpaired) electrons. The summed E-state index contributed by atoms with van der Waals surface area (Å²) in [5.41, 5.74) is 5.76. The standard InChI is InChI=1S/C26H29N3O3S/c1-2-21-17-33-25(27-21)16-32-24-8-10-29(26(31)13-24)22-6-5-19-11-18(3-4-20(19)12-22)14-28-9-7-23(30)15-28/h3-4,8,10-13,17,23,30H,2,5-7,9,14-16H2,1H3/t23-/m1/s1. The minimum absolute atomic E-state index is 0.0835. The first-order chi connectivity index (χ1) is 16.1. The second-order valence-corrected chi connectivity index (χ2v) is 9.73. The van der Waals surface area contributed by atoms with Crippen molar-refractivity contribution in [3.63, 3.8) is 0 Å². The van der Waals surface area contributed by atoms with Crippen molar-refractivity contribution >= 4 is 23.1 Å². The van der Waals surface area contributed by atoms with E-state index in [9.17, 15) is 9.90 Å². The van der Waals surface area contributed by atoms with Crippen molar-refractivity contribution in [2.24, 2.45) is 0 Å². The second kappa shape index (κ2) is 9.63. The van der Waals surface area contributed by atoms with Gasteiger partial charge in [-0.15, -0.1) is 11.3 Å². The number of pyridine rings is 1. The van der Waals surface area contributed by atoms with Crippen LogP contribution in [0.2, 0.25) is 0 Å². The van der Waals surface area contributed by atoms with Gasteiger partial charge in [0.15, 0.2) is 0 Å². The normalized spacial score (nSPS) is 18.2. The molecule has 0 spiro atoms. The van der Waals surface area contributed by atoms with Crippen LogP contribution in [0, 0.1) is 0 Å². The molecule has 1 fully saturated rings. The average Bonchev–Trinajstić information content (AvgIpc) is 3.46. The fraction of sp³-hybridized carbons (Fsp3) is 0.385. The number of rotatable bonds is 7. The van der Waals surface area contributed by atoms with Crippen molar-refractivity contribution in [2.75, 3.05) is 13.1 Å². The third kappa shape index (κ3) is 5.11. The number of hydrogen-bond donors (Lipinski definition) is 1. The number of aromatic nitrogens is 2. The predicted octanol–water partition coefficient (Wildman–Crippen LogP) is 3.96. The first-order valence-corrected chi connectivity index (χ1v) is 12.5. The molecule has 1 aliphatic carbocycles. The summed E-state index contributed by atoms with van der Waals surface area (Å²) in [6, 6.07) is 9.98. The minimum Gasteiger partial charge on any atom is -0.486 e. The van der Waals surface area contributed by atoms with E-state index in [0.29, 0.717) is 12.4 Å². The number of fused-ring (bicyclic) bond motifs is 1. The highest BCUT2D eigenvalue weighted by atomic mass is 32.1. The van der Waals surface area contributed by atoms with Gasteiger partial charge in [-0.3, -0.25) is 14.3 Å². The van der Waals surface area contributed by atoms with Gasteiger partial charge in [-0.25, -0.2) is 4.98 Å². The lowest BCUT2D eigenvalue weighted by Gasteiger charge is -2.20. The maximum atomic E-state index is 12.8. The van der Waals surface area contributed by atoms with Gasteiger partial charge >= 0.3 is 0 Å². The van der Waals surface area contributed by atoms with Gasteiger partial charge < -0.3 is 9.84 Å². The number of aliphatic hydroxyl groups excluding tert-OH is 1. The highest BCUT2D eigenvalue weighted by molar-refractivity contribution is 7.09. The third-order valence-corrected chi connectivity index (χ3v) is 7.23. The van der Waals surface area contributed by atoms with E-state index in [4.69, 9.17) is 4.74 Å². The summed E-state index contributed by atoms with van der Waals surface area (Å²) in [5, 5.41) is 12.7. The van der Waals surface area contributed by atoms with Crippen LogP contribution >= 0.6 is 11.3 Å². The molecule has 172 valence electrons. The lowest BCUT2D eigenvalue weighted by Crippen LogP contribution is -2.22. The summed E-state index contributed by atoms with van der Waals surface area (Å²) >= 11 is 1.58. The molecule has 1 aromatic carbocycles. The van der Waals surface area contributed by atoms with Crippen molar-refractivity contribution < 1.29 is 9.84 Å². The van der Waals surface area contributed by atoms with Crippen LogP contribution in [0.25, 0.3) is 11.8 Å². The van der Waals surface area contributed by atoms with E-state index in [2.05, 4.69) is 41.1 Å². The summed E-state index contributed by atoms with van der Waals surface area (Å²) in [5.74, 6) is 0.568. The van der Waals surface area contributed by atoms with Crippen LogP contribution in [0.3, 0.4) is 0 Å². The van der Waals surface area contributed by atoms with Crippen molar-refractivity contribution in [3.05, 3.63) is 79.7 Å². The molecule has 0 unspecified atom stereocenters. The summed E-state index contributed by atoms with van der Waals surface area (Å²) in [4.78, 5) is 19.6. The molecule has 1 aliphatic heterocycles. The van der Waals surface area contributed by atoms with Gasteiger partial charge in [0.2, 0.25) is 0 Å². The van der Waals surface area contributed by atoms with E-state index < -0.39 is 0 Å². The molecule has 3 aromatic rings. The van der Waals surface area contributed by atoms with Crippen molar-refractivity contribution in [3.8, 4) is 5.75 Å². The Hall–Kier alpha value is -2.74. The third-order valence-electron chi connectivity index (χ3n) is 6.36. The molecule has 6 nitrogen and oxygen atoms in total. The maximum Gasteiger partial charge on any atom is 0.258 e. The molecule has 0 saturated carbocycles. The highest BCUT2D eigenvalue weighted by Crippen LogP contribution is 2.28. The van der Waals surface area contributed by atoms with E-state index >= 15 is 0 Å². The Morgan fingerprint density at radius 3 is 2.91 bits per heavy atom. The van der Waals surface area contributed by atoms with Gasteiger partial charge in [-0.1, -0.05) is 25.1 Å². The van der Waals surface area contributed by atoms with Crippen LogP contribution in [0.4, 0.5) is 0 Å². The molecule has 33 heavy (non-hydrogen) atoms. The van der Waals surface area contributed by atoms with Gasteiger partial charge in [0.05, 0.1) is 11.8 Å². The van der Waals surface area contributed by atoms with Crippen LogP contribution in [-0.2, 0) is 26.0 Å².